The lowest BCUT2D eigenvalue weighted by molar-refractivity contribution is -0.121. The summed E-state index contributed by atoms with van der Waals surface area (Å²) in [4.78, 5) is 41.0. The van der Waals surface area contributed by atoms with Gasteiger partial charge in [0.05, 0.1) is 42.9 Å². The number of hydrogen-bond donors (Lipinski definition) is 0. The average molecular weight is 663 g/mol. The highest BCUT2D eigenvalue weighted by Gasteiger charge is 2.43. The molecule has 2 saturated heterocycles. The van der Waals surface area contributed by atoms with E-state index in [-0.39, 0.29) is 47.9 Å². The number of aromatic nitrogens is 2. The van der Waals surface area contributed by atoms with Crippen LogP contribution in [0.1, 0.15) is 71.1 Å². The van der Waals surface area contributed by atoms with Crippen molar-refractivity contribution in [1.29, 1.82) is 0 Å². The van der Waals surface area contributed by atoms with Gasteiger partial charge in [0, 0.05) is 56.3 Å². The van der Waals surface area contributed by atoms with E-state index in [9.17, 15) is 14.0 Å². The van der Waals surface area contributed by atoms with E-state index in [4.69, 9.17) is 9.47 Å². The van der Waals surface area contributed by atoms with Gasteiger partial charge in [0.2, 0.25) is 5.91 Å². The van der Waals surface area contributed by atoms with Crippen molar-refractivity contribution in [1.82, 2.24) is 24.1 Å². The summed E-state index contributed by atoms with van der Waals surface area (Å²) in [5.41, 5.74) is 4.10. The van der Waals surface area contributed by atoms with Crippen LogP contribution in [0.25, 0.3) is 5.52 Å². The van der Waals surface area contributed by atoms with E-state index in [0.717, 1.165) is 46.9 Å². The number of piperazine rings is 1. The minimum atomic E-state index is -0.595. The van der Waals surface area contributed by atoms with Crippen LogP contribution in [-0.4, -0.2) is 112 Å². The molecule has 0 unspecified atom stereocenters. The Morgan fingerprint density at radius 2 is 1.81 bits per heavy atom. The van der Waals surface area contributed by atoms with Gasteiger partial charge >= 0.3 is 6.09 Å². The molecule has 6 rings (SSSR count). The number of rotatable bonds is 6. The maximum Gasteiger partial charge on any atom is 0.410 e. The smallest absolute Gasteiger partial charge is 0.410 e. The third-order valence-electron chi connectivity index (χ3n) is 10.0. The molecule has 0 saturated carbocycles. The lowest BCUT2D eigenvalue weighted by Gasteiger charge is -2.47. The number of ether oxygens (including phenoxy) is 2. The zero-order valence-corrected chi connectivity index (χ0v) is 29.8. The van der Waals surface area contributed by atoms with Gasteiger partial charge in [-0.05, 0) is 77.3 Å². The van der Waals surface area contributed by atoms with Crippen molar-refractivity contribution in [3.8, 4) is 0 Å². The molecule has 2 amide bonds. The Bertz CT molecular complexity index is 1660. The van der Waals surface area contributed by atoms with Crippen LogP contribution in [0.2, 0.25) is 0 Å². The number of halogens is 1. The third kappa shape index (κ3) is 6.95. The first-order valence-corrected chi connectivity index (χ1v) is 17.2. The number of carbonyl (C=O) groups excluding carboxylic acids is 2. The summed E-state index contributed by atoms with van der Waals surface area (Å²) >= 11 is 0. The SMILES string of the molecule is Cc1ncc2c(Cc3ccc(F)cc3)cc3c(n12)C(C)(C)CN3C(=O)CN1C[C@@H](C)N(C(=O)OC(C)(C)C)C[C@@H]1CN1CCOC[C@H]1C. The minimum absolute atomic E-state index is 0.0321. The number of hydrogen-bond acceptors (Lipinski definition) is 7. The molecule has 0 bridgehead atoms. The zero-order chi connectivity index (χ0) is 34.5. The Morgan fingerprint density at radius 3 is 2.50 bits per heavy atom. The number of imidazole rings is 1. The molecule has 48 heavy (non-hydrogen) atoms. The van der Waals surface area contributed by atoms with E-state index in [1.807, 2.05) is 62.7 Å². The van der Waals surface area contributed by atoms with Crippen LogP contribution in [0.15, 0.2) is 36.5 Å². The molecule has 11 heteroatoms. The molecule has 3 aliphatic rings. The van der Waals surface area contributed by atoms with Gasteiger partial charge in [-0.15, -0.1) is 0 Å². The normalized spacial score (nSPS) is 23.5. The van der Waals surface area contributed by atoms with Crippen molar-refractivity contribution >= 4 is 23.2 Å². The van der Waals surface area contributed by atoms with Gasteiger partial charge < -0.3 is 19.3 Å². The van der Waals surface area contributed by atoms with Crippen LogP contribution in [0.5, 0.6) is 0 Å². The van der Waals surface area contributed by atoms with Crippen molar-refractivity contribution < 1.29 is 23.5 Å². The monoisotopic (exact) mass is 662 g/mol. The van der Waals surface area contributed by atoms with Gasteiger partial charge in [0.25, 0.3) is 0 Å². The fourth-order valence-corrected chi connectivity index (χ4v) is 7.59. The number of carbonyl (C=O) groups is 2. The Balaban J connectivity index is 1.30. The molecule has 3 aromatic rings. The maximum absolute atomic E-state index is 14.5. The fourth-order valence-electron chi connectivity index (χ4n) is 7.59. The molecule has 2 aromatic heterocycles. The van der Waals surface area contributed by atoms with Gasteiger partial charge in [0.15, 0.2) is 0 Å². The highest BCUT2D eigenvalue weighted by atomic mass is 19.1. The van der Waals surface area contributed by atoms with Crippen LogP contribution in [0.3, 0.4) is 0 Å². The number of amides is 2. The summed E-state index contributed by atoms with van der Waals surface area (Å²) in [5.74, 6) is 0.639. The first-order chi connectivity index (χ1) is 22.6. The second kappa shape index (κ2) is 13.1. The summed E-state index contributed by atoms with van der Waals surface area (Å²) in [7, 11) is 0. The first kappa shape index (κ1) is 34.3. The highest BCUT2D eigenvalue weighted by molar-refractivity contribution is 5.98. The minimum Gasteiger partial charge on any atom is -0.444 e. The Morgan fingerprint density at radius 1 is 1.08 bits per heavy atom. The van der Waals surface area contributed by atoms with Crippen molar-refractivity contribution in [3.05, 3.63) is 65.0 Å². The topological polar surface area (TPSA) is 82.9 Å². The summed E-state index contributed by atoms with van der Waals surface area (Å²) < 4.78 is 27.4. The summed E-state index contributed by atoms with van der Waals surface area (Å²) in [6, 6.07) is 8.79. The van der Waals surface area contributed by atoms with Crippen LogP contribution in [0.4, 0.5) is 14.9 Å². The lowest BCUT2D eigenvalue weighted by Crippen LogP contribution is -2.64. The molecule has 5 heterocycles. The van der Waals surface area contributed by atoms with Gasteiger partial charge in [-0.3, -0.25) is 19.0 Å². The molecule has 1 aromatic carbocycles. The van der Waals surface area contributed by atoms with E-state index in [2.05, 4.69) is 46.0 Å². The Kier molecular flexibility index (Phi) is 9.34. The molecule has 0 spiro atoms. The van der Waals surface area contributed by atoms with Gasteiger partial charge in [-0.1, -0.05) is 26.0 Å². The molecule has 3 atom stereocenters. The molecule has 0 aliphatic carbocycles. The first-order valence-electron chi connectivity index (χ1n) is 17.2. The maximum atomic E-state index is 14.5. The van der Waals surface area contributed by atoms with Crippen molar-refractivity contribution in [2.45, 2.75) is 91.0 Å². The van der Waals surface area contributed by atoms with E-state index in [0.29, 0.717) is 39.3 Å². The van der Waals surface area contributed by atoms with E-state index in [1.165, 1.54) is 12.1 Å². The van der Waals surface area contributed by atoms with Gasteiger partial charge in [-0.2, -0.15) is 0 Å². The number of anilines is 1. The van der Waals surface area contributed by atoms with Gasteiger partial charge in [0.1, 0.15) is 17.2 Å². The van der Waals surface area contributed by atoms with E-state index in [1.54, 1.807) is 0 Å². The Labute approximate surface area is 283 Å². The number of benzene rings is 1. The predicted molar refractivity (Wildman–Crippen MR) is 184 cm³/mol. The van der Waals surface area contributed by atoms with Crippen LogP contribution in [0, 0.1) is 12.7 Å². The molecule has 260 valence electrons. The van der Waals surface area contributed by atoms with Crippen molar-refractivity contribution in [2.75, 3.05) is 57.4 Å². The van der Waals surface area contributed by atoms with Crippen LogP contribution in [-0.2, 0) is 26.1 Å². The summed E-state index contributed by atoms with van der Waals surface area (Å²) in [6.07, 6.45) is 2.18. The molecule has 10 nitrogen and oxygen atoms in total. The second-order valence-electron chi connectivity index (χ2n) is 15.6. The molecule has 2 fully saturated rings. The average Bonchev–Trinajstić information content (AvgIpc) is 3.51. The lowest BCUT2D eigenvalue weighted by atomic mass is 9.90. The van der Waals surface area contributed by atoms with E-state index < -0.39 is 5.60 Å². The molecule has 0 radical (unpaired) electrons. The zero-order valence-electron chi connectivity index (χ0n) is 29.8. The fraction of sp³-hybridized carbons (Fsp3) is 0.595. The predicted octanol–water partition coefficient (Wildman–Crippen LogP) is 5.03. The van der Waals surface area contributed by atoms with Gasteiger partial charge in [-0.25, -0.2) is 14.2 Å². The molecular formula is C37H51FN6O4. The quantitative estimate of drug-likeness (QED) is 0.367. The van der Waals surface area contributed by atoms with Crippen molar-refractivity contribution in [2.24, 2.45) is 0 Å². The largest absolute Gasteiger partial charge is 0.444 e. The Hall–Kier alpha value is -3.54. The standard InChI is InChI=1S/C37H51FN6O4/c1-24-18-41(30(19-40-13-14-47-22-25(40)2)20-42(24)35(46)48-36(4,5)6)21-33(45)43-23-37(7,8)34-31(43)16-28(32-17-39-26(3)44(32)34)15-27-9-11-29(38)12-10-27/h9-12,16-17,24-25,30H,13-15,18-23H2,1-8H3/t24-,25-,30+/m1/s1. The number of morpholine rings is 1. The molecule has 0 N–H and O–H groups in total. The highest BCUT2D eigenvalue weighted by Crippen LogP contribution is 2.43. The van der Waals surface area contributed by atoms with Crippen LogP contribution < -0.4 is 4.90 Å². The van der Waals surface area contributed by atoms with Crippen molar-refractivity contribution in [3.63, 3.8) is 0 Å². The molecular weight excluding hydrogens is 611 g/mol. The molecule has 3 aliphatic heterocycles. The second-order valence-corrected chi connectivity index (χ2v) is 15.6. The number of pyridine rings is 1. The third-order valence-corrected chi connectivity index (χ3v) is 10.0. The van der Waals surface area contributed by atoms with Crippen LogP contribution >= 0.6 is 0 Å². The number of nitrogens with zero attached hydrogens (tertiary/aromatic N) is 6. The number of fused-ring (bicyclic) bond motifs is 3. The summed E-state index contributed by atoms with van der Waals surface area (Å²) in [6.45, 7) is 20.9. The number of aryl methyl sites for hydroxylation is 1. The summed E-state index contributed by atoms with van der Waals surface area (Å²) in [5, 5.41) is 0. The van der Waals surface area contributed by atoms with E-state index >= 15 is 0 Å².